The highest BCUT2D eigenvalue weighted by Gasteiger charge is 2.23. The predicted molar refractivity (Wildman–Crippen MR) is 114 cm³/mol. The largest absolute Gasteiger partial charge is 0.454 e. The highest BCUT2D eigenvalue weighted by Crippen LogP contribution is 2.37. The Kier molecular flexibility index (Phi) is 4.40. The molecule has 3 aromatic carbocycles. The van der Waals surface area contributed by atoms with Gasteiger partial charge in [0.25, 0.3) is 11.2 Å². The predicted octanol–water partition coefficient (Wildman–Crippen LogP) is 3.58. The van der Waals surface area contributed by atoms with Gasteiger partial charge in [-0.1, -0.05) is 42.5 Å². The van der Waals surface area contributed by atoms with Crippen LogP contribution in [0.2, 0.25) is 0 Å². The van der Waals surface area contributed by atoms with Gasteiger partial charge in [0.2, 0.25) is 6.79 Å². The molecule has 0 fully saturated rings. The van der Waals surface area contributed by atoms with Gasteiger partial charge in [0.15, 0.2) is 17.3 Å². The summed E-state index contributed by atoms with van der Waals surface area (Å²) in [5.74, 6) is 0.988. The van der Waals surface area contributed by atoms with Gasteiger partial charge in [-0.2, -0.15) is 9.78 Å². The number of hydrogen-bond acceptors (Lipinski definition) is 7. The Bertz CT molecular complexity index is 1410. The Morgan fingerprint density at radius 1 is 1.03 bits per heavy atom. The van der Waals surface area contributed by atoms with Gasteiger partial charge in [0, 0.05) is 5.56 Å². The second-order valence-electron chi connectivity index (χ2n) is 6.70. The number of fused-ring (bicyclic) bond motifs is 2. The molecule has 9 nitrogen and oxygen atoms in total. The minimum absolute atomic E-state index is 0.0146. The molecule has 1 aromatic heterocycles. The molecule has 0 saturated heterocycles. The number of benzene rings is 3. The van der Waals surface area contributed by atoms with Crippen molar-refractivity contribution in [3.05, 3.63) is 92.8 Å². The van der Waals surface area contributed by atoms with Gasteiger partial charge in [0.1, 0.15) is 0 Å². The van der Waals surface area contributed by atoms with E-state index in [-0.39, 0.29) is 23.6 Å². The van der Waals surface area contributed by atoms with Crippen LogP contribution in [0.15, 0.2) is 76.6 Å². The van der Waals surface area contributed by atoms with Gasteiger partial charge in [0.05, 0.1) is 33.7 Å². The number of hydrogen-bond donors (Lipinski definition) is 0. The summed E-state index contributed by atoms with van der Waals surface area (Å²) in [5.41, 5.74) is 0.794. The van der Waals surface area contributed by atoms with Crippen LogP contribution in [0.1, 0.15) is 5.56 Å². The molecule has 0 bridgehead atoms. The third kappa shape index (κ3) is 3.27. The topological polar surface area (TPSA) is 109 Å². The van der Waals surface area contributed by atoms with Crippen LogP contribution in [0.5, 0.6) is 11.5 Å². The average molecular weight is 414 g/mol. The third-order valence-electron chi connectivity index (χ3n) is 4.82. The van der Waals surface area contributed by atoms with Crippen molar-refractivity contribution in [3.63, 3.8) is 0 Å². The fourth-order valence-electron chi connectivity index (χ4n) is 3.33. The van der Waals surface area contributed by atoms with E-state index in [0.29, 0.717) is 33.8 Å². The second kappa shape index (κ2) is 7.38. The van der Waals surface area contributed by atoms with Crippen LogP contribution in [0.3, 0.4) is 0 Å². The first-order chi connectivity index (χ1) is 15.1. The van der Waals surface area contributed by atoms with E-state index < -0.39 is 4.92 Å². The van der Waals surface area contributed by atoms with Crippen LogP contribution in [0.4, 0.5) is 5.69 Å². The summed E-state index contributed by atoms with van der Waals surface area (Å²) < 4.78 is 11.7. The maximum absolute atomic E-state index is 13.2. The maximum Gasteiger partial charge on any atom is 0.282 e. The average Bonchev–Trinajstić information content (AvgIpc) is 3.26. The van der Waals surface area contributed by atoms with E-state index in [2.05, 4.69) is 10.1 Å². The smallest absolute Gasteiger partial charge is 0.282 e. The standard InChI is InChI=1S/C22H14N4O5/c27-22-16-8-4-5-9-17(16)24-21(14-6-2-1-3-7-14)25(22)23-12-15-10-19-20(31-13-30-19)11-18(15)26(28)29/h1-12H,13H2. The molecule has 2 heterocycles. The van der Waals surface area contributed by atoms with Crippen molar-refractivity contribution in [1.82, 2.24) is 9.66 Å². The number of nitro benzene ring substituents is 1. The van der Waals surface area contributed by atoms with Crippen LogP contribution in [-0.4, -0.2) is 27.6 Å². The van der Waals surface area contributed by atoms with Crippen LogP contribution >= 0.6 is 0 Å². The molecule has 0 aliphatic carbocycles. The van der Waals surface area contributed by atoms with Gasteiger partial charge in [-0.05, 0) is 18.2 Å². The molecule has 0 amide bonds. The highest BCUT2D eigenvalue weighted by molar-refractivity contribution is 5.87. The summed E-state index contributed by atoms with van der Waals surface area (Å²) >= 11 is 0. The summed E-state index contributed by atoms with van der Waals surface area (Å²) in [7, 11) is 0. The van der Waals surface area contributed by atoms with Crippen LogP contribution in [0.25, 0.3) is 22.3 Å². The molecular formula is C22H14N4O5. The van der Waals surface area contributed by atoms with E-state index in [9.17, 15) is 14.9 Å². The minimum Gasteiger partial charge on any atom is -0.454 e. The Morgan fingerprint density at radius 2 is 1.74 bits per heavy atom. The van der Waals surface area contributed by atoms with Crippen LogP contribution in [0, 0.1) is 10.1 Å². The fraction of sp³-hybridized carbons (Fsp3) is 0.0455. The van der Waals surface area contributed by atoms with Gasteiger partial charge in [-0.15, -0.1) is 0 Å². The molecule has 0 radical (unpaired) electrons. The van der Waals surface area contributed by atoms with Gasteiger partial charge in [-0.3, -0.25) is 14.9 Å². The first kappa shape index (κ1) is 18.5. The Balaban J connectivity index is 1.71. The van der Waals surface area contributed by atoms with Crippen molar-refractivity contribution in [3.8, 4) is 22.9 Å². The number of nitro groups is 1. The lowest BCUT2D eigenvalue weighted by atomic mass is 10.1. The molecule has 9 heteroatoms. The van der Waals surface area contributed by atoms with Crippen molar-refractivity contribution in [2.75, 3.05) is 6.79 Å². The van der Waals surface area contributed by atoms with E-state index in [1.165, 1.54) is 18.3 Å². The number of ether oxygens (including phenoxy) is 2. The normalized spacial score (nSPS) is 12.5. The quantitative estimate of drug-likeness (QED) is 0.287. The molecule has 0 atom stereocenters. The SMILES string of the molecule is O=c1c2ccccc2nc(-c2ccccc2)n1N=Cc1cc2c(cc1[N+](=O)[O-])OCO2. The van der Waals surface area contributed by atoms with Gasteiger partial charge >= 0.3 is 0 Å². The molecule has 1 aliphatic heterocycles. The van der Waals surface area contributed by atoms with Gasteiger partial charge < -0.3 is 9.47 Å². The Morgan fingerprint density at radius 3 is 2.52 bits per heavy atom. The Labute approximate surface area is 175 Å². The highest BCUT2D eigenvalue weighted by atomic mass is 16.7. The third-order valence-corrected chi connectivity index (χ3v) is 4.82. The van der Waals surface area contributed by atoms with Crippen molar-refractivity contribution in [1.29, 1.82) is 0 Å². The lowest BCUT2D eigenvalue weighted by Gasteiger charge is -2.09. The van der Waals surface area contributed by atoms with Crippen molar-refractivity contribution in [2.24, 2.45) is 5.10 Å². The second-order valence-corrected chi connectivity index (χ2v) is 6.70. The zero-order valence-corrected chi connectivity index (χ0v) is 16.0. The van der Waals surface area contributed by atoms with E-state index in [1.807, 2.05) is 30.3 Å². The summed E-state index contributed by atoms with van der Waals surface area (Å²) in [4.78, 5) is 28.8. The van der Waals surface area contributed by atoms with Crippen LogP contribution < -0.4 is 15.0 Å². The lowest BCUT2D eigenvalue weighted by molar-refractivity contribution is -0.385. The molecule has 31 heavy (non-hydrogen) atoms. The molecule has 0 unspecified atom stereocenters. The molecule has 1 aliphatic rings. The maximum atomic E-state index is 13.2. The lowest BCUT2D eigenvalue weighted by Crippen LogP contribution is -2.20. The summed E-state index contributed by atoms with van der Waals surface area (Å²) in [5, 5.41) is 16.2. The summed E-state index contributed by atoms with van der Waals surface area (Å²) in [6, 6.07) is 18.8. The molecule has 4 aromatic rings. The summed E-state index contributed by atoms with van der Waals surface area (Å²) in [6.45, 7) is -0.0146. The van der Waals surface area contributed by atoms with E-state index in [0.717, 1.165) is 4.68 Å². The van der Waals surface area contributed by atoms with Crippen LogP contribution in [-0.2, 0) is 0 Å². The zero-order valence-electron chi connectivity index (χ0n) is 16.0. The van der Waals surface area contributed by atoms with E-state index >= 15 is 0 Å². The van der Waals surface area contributed by atoms with Gasteiger partial charge in [-0.25, -0.2) is 4.98 Å². The first-order valence-corrected chi connectivity index (χ1v) is 9.31. The molecule has 5 rings (SSSR count). The van der Waals surface area contributed by atoms with Crippen molar-refractivity contribution >= 4 is 22.8 Å². The molecule has 0 saturated carbocycles. The summed E-state index contributed by atoms with van der Waals surface area (Å²) in [6.07, 6.45) is 1.25. The number of aromatic nitrogens is 2. The van der Waals surface area contributed by atoms with E-state index in [4.69, 9.17) is 9.47 Å². The first-order valence-electron chi connectivity index (χ1n) is 9.31. The number of nitrogens with zero attached hydrogens (tertiary/aromatic N) is 4. The van der Waals surface area contributed by atoms with Crippen molar-refractivity contribution < 1.29 is 14.4 Å². The fourth-order valence-corrected chi connectivity index (χ4v) is 3.33. The zero-order chi connectivity index (χ0) is 21.4. The molecule has 152 valence electrons. The number of rotatable bonds is 4. The number of para-hydroxylation sites is 1. The monoisotopic (exact) mass is 414 g/mol. The van der Waals surface area contributed by atoms with Crippen molar-refractivity contribution in [2.45, 2.75) is 0 Å². The minimum atomic E-state index is -0.539. The molecular weight excluding hydrogens is 400 g/mol. The Hall–Kier alpha value is -4.53. The molecule has 0 spiro atoms. The molecule has 0 N–H and O–H groups in total. The van der Waals surface area contributed by atoms with E-state index in [1.54, 1.807) is 24.3 Å².